The van der Waals surface area contributed by atoms with E-state index in [1.807, 2.05) is 0 Å². The minimum Gasteiger partial charge on any atom is -0.393 e. The maximum Gasteiger partial charge on any atom is 0.0580 e. The summed E-state index contributed by atoms with van der Waals surface area (Å²) in [6.45, 7) is 4.44. The number of aliphatic hydroxyl groups excluding tert-OH is 1. The summed E-state index contributed by atoms with van der Waals surface area (Å²) in [6, 6.07) is 17.0. The Morgan fingerprint density at radius 2 is 1.32 bits per heavy atom. The second-order valence-electron chi connectivity index (χ2n) is 8.30. The monoisotopic (exact) mass is 380 g/mol. The Morgan fingerprint density at radius 3 is 1.96 bits per heavy atom. The van der Waals surface area contributed by atoms with Crippen molar-refractivity contribution in [3.05, 3.63) is 59.7 Å². The lowest BCUT2D eigenvalue weighted by Crippen LogP contribution is -2.11. The highest BCUT2D eigenvalue weighted by Gasteiger charge is 2.12. The van der Waals surface area contributed by atoms with Crippen LogP contribution in [0.25, 0.3) is 11.1 Å². The molecule has 1 heteroatoms. The SMILES string of the molecule is CCCCCCCCCCCCC(O)Cc1cccc(C)c1-c1ccccc1. The fraction of sp³-hybridized carbons (Fsp3) is 0.556. The molecule has 2 aromatic carbocycles. The van der Waals surface area contributed by atoms with Crippen molar-refractivity contribution >= 4 is 0 Å². The van der Waals surface area contributed by atoms with Crippen molar-refractivity contribution in [2.75, 3.05) is 0 Å². The molecule has 0 amide bonds. The molecule has 154 valence electrons. The number of benzene rings is 2. The van der Waals surface area contributed by atoms with Crippen molar-refractivity contribution in [1.29, 1.82) is 0 Å². The van der Waals surface area contributed by atoms with Crippen LogP contribution in [0.4, 0.5) is 0 Å². The van der Waals surface area contributed by atoms with Crippen molar-refractivity contribution in [1.82, 2.24) is 0 Å². The number of rotatable bonds is 14. The fourth-order valence-corrected chi connectivity index (χ4v) is 4.14. The highest BCUT2D eigenvalue weighted by Crippen LogP contribution is 2.28. The molecule has 0 aromatic heterocycles. The summed E-state index contributed by atoms with van der Waals surface area (Å²) >= 11 is 0. The van der Waals surface area contributed by atoms with E-state index in [0.29, 0.717) is 0 Å². The Hall–Kier alpha value is -1.60. The van der Waals surface area contributed by atoms with E-state index in [4.69, 9.17) is 0 Å². The highest BCUT2D eigenvalue weighted by molar-refractivity contribution is 5.70. The molecular weight excluding hydrogens is 340 g/mol. The van der Waals surface area contributed by atoms with E-state index < -0.39 is 0 Å². The number of aryl methyl sites for hydroxylation is 1. The molecule has 0 fully saturated rings. The summed E-state index contributed by atoms with van der Waals surface area (Å²) in [5, 5.41) is 10.6. The first-order valence-corrected chi connectivity index (χ1v) is 11.5. The zero-order valence-corrected chi connectivity index (χ0v) is 18.1. The summed E-state index contributed by atoms with van der Waals surface area (Å²) < 4.78 is 0. The van der Waals surface area contributed by atoms with Gasteiger partial charge in [0.05, 0.1) is 6.10 Å². The molecule has 0 bridgehead atoms. The molecule has 0 radical (unpaired) electrons. The van der Waals surface area contributed by atoms with E-state index in [2.05, 4.69) is 62.4 Å². The van der Waals surface area contributed by atoms with Crippen molar-refractivity contribution < 1.29 is 5.11 Å². The maximum atomic E-state index is 10.6. The van der Waals surface area contributed by atoms with Crippen LogP contribution in [0.2, 0.25) is 0 Å². The van der Waals surface area contributed by atoms with E-state index in [1.54, 1.807) is 0 Å². The van der Waals surface area contributed by atoms with Gasteiger partial charge < -0.3 is 5.11 Å². The van der Waals surface area contributed by atoms with Gasteiger partial charge >= 0.3 is 0 Å². The fourth-order valence-electron chi connectivity index (χ4n) is 4.14. The third-order valence-corrected chi connectivity index (χ3v) is 5.77. The van der Waals surface area contributed by atoms with Crippen LogP contribution in [-0.4, -0.2) is 11.2 Å². The summed E-state index contributed by atoms with van der Waals surface area (Å²) in [4.78, 5) is 0. The van der Waals surface area contributed by atoms with Crippen LogP contribution in [0.1, 0.15) is 88.7 Å². The molecule has 1 N–H and O–H groups in total. The quantitative estimate of drug-likeness (QED) is 0.330. The van der Waals surface area contributed by atoms with Gasteiger partial charge in [-0.05, 0) is 42.0 Å². The van der Waals surface area contributed by atoms with Gasteiger partial charge in [-0.2, -0.15) is 0 Å². The van der Waals surface area contributed by atoms with Gasteiger partial charge in [0.1, 0.15) is 0 Å². The van der Waals surface area contributed by atoms with Crippen LogP contribution in [0.15, 0.2) is 48.5 Å². The third kappa shape index (κ3) is 8.19. The van der Waals surface area contributed by atoms with Gasteiger partial charge in [0.15, 0.2) is 0 Å². The van der Waals surface area contributed by atoms with Crippen molar-refractivity contribution in [2.24, 2.45) is 0 Å². The predicted molar refractivity (Wildman–Crippen MR) is 123 cm³/mol. The number of aliphatic hydroxyl groups is 1. The van der Waals surface area contributed by atoms with Crippen molar-refractivity contribution in [3.63, 3.8) is 0 Å². The molecule has 0 saturated carbocycles. The molecule has 2 aromatic rings. The van der Waals surface area contributed by atoms with Gasteiger partial charge in [0.25, 0.3) is 0 Å². The number of unbranched alkanes of at least 4 members (excludes halogenated alkanes) is 9. The molecule has 1 unspecified atom stereocenters. The van der Waals surface area contributed by atoms with Gasteiger partial charge in [0.2, 0.25) is 0 Å². The first kappa shape index (κ1) is 22.7. The van der Waals surface area contributed by atoms with Gasteiger partial charge in [-0.1, -0.05) is 120 Å². The normalized spacial score (nSPS) is 12.2. The molecule has 2 rings (SSSR count). The average molecular weight is 381 g/mol. The van der Waals surface area contributed by atoms with Crippen LogP contribution in [0, 0.1) is 6.92 Å². The Labute approximate surface area is 173 Å². The summed E-state index contributed by atoms with van der Waals surface area (Å²) in [6.07, 6.45) is 14.8. The van der Waals surface area contributed by atoms with E-state index in [9.17, 15) is 5.11 Å². The predicted octanol–water partition coefficient (Wildman–Crippen LogP) is 7.88. The lowest BCUT2D eigenvalue weighted by Gasteiger charge is -2.16. The Kier molecular flexibility index (Phi) is 11.0. The summed E-state index contributed by atoms with van der Waals surface area (Å²) in [7, 11) is 0. The highest BCUT2D eigenvalue weighted by atomic mass is 16.3. The van der Waals surface area contributed by atoms with Gasteiger partial charge in [-0.3, -0.25) is 0 Å². The first-order chi connectivity index (χ1) is 13.7. The second kappa shape index (κ2) is 13.6. The summed E-state index contributed by atoms with van der Waals surface area (Å²) in [5.74, 6) is 0. The molecule has 28 heavy (non-hydrogen) atoms. The van der Waals surface area contributed by atoms with Crippen LogP contribution < -0.4 is 0 Å². The Bertz CT molecular complexity index is 647. The Morgan fingerprint density at radius 1 is 0.714 bits per heavy atom. The van der Waals surface area contributed by atoms with E-state index >= 15 is 0 Å². The smallest absolute Gasteiger partial charge is 0.0580 e. The third-order valence-electron chi connectivity index (χ3n) is 5.77. The van der Waals surface area contributed by atoms with Gasteiger partial charge in [-0.15, -0.1) is 0 Å². The molecular formula is C27H40O. The standard InChI is InChI=1S/C27H40O/c1-3-4-5-6-7-8-9-10-11-15-21-26(28)22-25-20-16-17-23(2)27(25)24-18-13-12-14-19-24/h12-14,16-20,26,28H,3-11,15,21-22H2,1-2H3. The lowest BCUT2D eigenvalue weighted by atomic mass is 9.91. The van der Waals surface area contributed by atoms with E-state index in [1.165, 1.54) is 80.0 Å². The van der Waals surface area contributed by atoms with Crippen LogP contribution in [-0.2, 0) is 6.42 Å². The first-order valence-electron chi connectivity index (χ1n) is 11.5. The topological polar surface area (TPSA) is 20.2 Å². The molecule has 0 aliphatic heterocycles. The molecule has 0 saturated heterocycles. The maximum absolute atomic E-state index is 10.6. The van der Waals surface area contributed by atoms with Gasteiger partial charge in [0, 0.05) is 0 Å². The minimum atomic E-state index is -0.238. The minimum absolute atomic E-state index is 0.238. The molecule has 0 aliphatic carbocycles. The van der Waals surface area contributed by atoms with E-state index in [0.717, 1.165) is 19.3 Å². The van der Waals surface area contributed by atoms with Crippen molar-refractivity contribution in [2.45, 2.75) is 97.0 Å². The van der Waals surface area contributed by atoms with Crippen LogP contribution in [0.5, 0.6) is 0 Å². The largest absolute Gasteiger partial charge is 0.393 e. The van der Waals surface area contributed by atoms with Crippen LogP contribution >= 0.6 is 0 Å². The number of hydrogen-bond donors (Lipinski definition) is 1. The molecule has 0 spiro atoms. The number of hydrogen-bond acceptors (Lipinski definition) is 1. The zero-order chi connectivity index (χ0) is 20.0. The lowest BCUT2D eigenvalue weighted by molar-refractivity contribution is 0.161. The Balaban J connectivity index is 1.70. The van der Waals surface area contributed by atoms with Crippen molar-refractivity contribution in [3.8, 4) is 11.1 Å². The van der Waals surface area contributed by atoms with Gasteiger partial charge in [-0.25, -0.2) is 0 Å². The molecule has 0 heterocycles. The molecule has 1 nitrogen and oxygen atoms in total. The summed E-state index contributed by atoms with van der Waals surface area (Å²) in [5.41, 5.74) is 5.10. The van der Waals surface area contributed by atoms with Crippen LogP contribution in [0.3, 0.4) is 0 Å². The van der Waals surface area contributed by atoms with E-state index in [-0.39, 0.29) is 6.10 Å². The molecule has 1 atom stereocenters. The molecule has 0 aliphatic rings. The average Bonchev–Trinajstić information content (AvgIpc) is 2.70. The zero-order valence-electron chi connectivity index (χ0n) is 18.1. The second-order valence-corrected chi connectivity index (χ2v) is 8.30.